The number of benzene rings is 2. The number of aliphatic hydroxyl groups is 2. The van der Waals surface area contributed by atoms with E-state index in [0.29, 0.717) is 49.7 Å². The summed E-state index contributed by atoms with van der Waals surface area (Å²) in [6.45, 7) is 7.96. The number of carbonyl (C=O) groups excluding carboxylic acids is 8. The second kappa shape index (κ2) is 20.9. The summed E-state index contributed by atoms with van der Waals surface area (Å²) in [5, 5.41) is 24.8. The maximum atomic E-state index is 17.7. The molecular weight excluding hydrogens is 882 g/mol. The van der Waals surface area contributed by atoms with E-state index in [2.05, 4.69) is 5.32 Å². The monoisotopic (exact) mass is 943 g/mol. The number of alkyl halides is 1. The van der Waals surface area contributed by atoms with Gasteiger partial charge in [0.2, 0.25) is 5.91 Å². The number of nitrogens with one attached hydrogen (secondary N) is 1. The number of allylic oxidation sites excluding steroid dienone is 4. The SMILES string of the molecule is CSC(C)C(=O)CCCC(=O)C[C@@H](C)C(=O)N[C@@H](C)C(=O)Cc1cccc(Cc2ccc([C@@H]3O[C@@H]4C[C@H]5[C@@H]6CCC7=CC(=O)C=C[C@]7(C)[C@@]6(F)[C@@H](O)C[C@]5(C)[C@]4(C(=O)CO)O3)cc2)c1.O=C=O. The Morgan fingerprint density at radius 3 is 2.33 bits per heavy atom. The van der Waals surface area contributed by atoms with Crippen LogP contribution in [0, 0.1) is 28.6 Å². The first-order valence-corrected chi connectivity index (χ1v) is 24.4. The van der Waals surface area contributed by atoms with Crippen LogP contribution in [0.5, 0.6) is 0 Å². The fraction of sp³-hybridized carbons (Fsp3) is 0.558. The van der Waals surface area contributed by atoms with Gasteiger partial charge in [-0.3, -0.25) is 28.8 Å². The Kier molecular flexibility index (Phi) is 16.1. The lowest BCUT2D eigenvalue weighted by Gasteiger charge is -2.62. The molecule has 15 heteroatoms. The van der Waals surface area contributed by atoms with Gasteiger partial charge in [-0.2, -0.15) is 21.4 Å². The van der Waals surface area contributed by atoms with Crippen LogP contribution in [0.3, 0.4) is 0 Å². The van der Waals surface area contributed by atoms with Crippen LogP contribution in [-0.2, 0) is 60.7 Å². The van der Waals surface area contributed by atoms with E-state index in [1.165, 1.54) is 23.9 Å². The van der Waals surface area contributed by atoms with Crippen molar-refractivity contribution in [3.63, 3.8) is 0 Å². The summed E-state index contributed by atoms with van der Waals surface area (Å²) >= 11 is 1.48. The molecule has 13 nitrogen and oxygen atoms in total. The topological polar surface area (TPSA) is 208 Å². The smallest absolute Gasteiger partial charge is 0.373 e. The first-order chi connectivity index (χ1) is 31.7. The normalized spacial score (nSPS) is 31.5. The number of hydrogen-bond acceptors (Lipinski definition) is 13. The summed E-state index contributed by atoms with van der Waals surface area (Å²) in [6, 6.07) is 14.5. The Labute approximate surface area is 395 Å². The molecule has 360 valence electrons. The fourth-order valence-corrected chi connectivity index (χ4v) is 12.1. The van der Waals surface area contributed by atoms with Crippen molar-refractivity contribution in [2.24, 2.45) is 28.6 Å². The first kappa shape index (κ1) is 51.6. The lowest BCUT2D eigenvalue weighted by molar-refractivity contribution is -0.231. The Balaban J connectivity index is 0.00000240. The van der Waals surface area contributed by atoms with Crippen molar-refractivity contribution < 1.29 is 62.4 Å². The molecule has 12 atom stereocenters. The highest BCUT2D eigenvalue weighted by Crippen LogP contribution is 2.72. The third kappa shape index (κ3) is 9.78. The van der Waals surface area contributed by atoms with Crippen LogP contribution in [0.1, 0.15) is 115 Å². The number of rotatable bonds is 18. The molecule has 2 aromatic rings. The molecular formula is C52H62FNO12S. The van der Waals surface area contributed by atoms with Crippen molar-refractivity contribution in [2.45, 2.75) is 140 Å². The van der Waals surface area contributed by atoms with Crippen LogP contribution in [0.2, 0.25) is 0 Å². The van der Waals surface area contributed by atoms with Crippen LogP contribution < -0.4 is 5.32 Å². The van der Waals surface area contributed by atoms with Gasteiger partial charge in [-0.1, -0.05) is 74.0 Å². The minimum Gasteiger partial charge on any atom is -0.390 e. The predicted molar refractivity (Wildman–Crippen MR) is 245 cm³/mol. The van der Waals surface area contributed by atoms with Crippen LogP contribution in [0.15, 0.2) is 72.3 Å². The summed E-state index contributed by atoms with van der Waals surface area (Å²) in [5.74, 6) is -2.91. The van der Waals surface area contributed by atoms with Gasteiger partial charge in [0.05, 0.1) is 23.5 Å². The van der Waals surface area contributed by atoms with E-state index in [-0.39, 0.29) is 66.1 Å². The van der Waals surface area contributed by atoms with Crippen LogP contribution in [0.4, 0.5) is 4.39 Å². The average Bonchev–Trinajstić information content (AvgIpc) is 3.79. The lowest BCUT2D eigenvalue weighted by atomic mass is 9.44. The largest absolute Gasteiger partial charge is 0.390 e. The Morgan fingerprint density at radius 1 is 0.970 bits per heavy atom. The molecule has 0 aromatic heterocycles. The van der Waals surface area contributed by atoms with Gasteiger partial charge in [0.15, 0.2) is 34.9 Å². The van der Waals surface area contributed by atoms with Gasteiger partial charge in [-0.25, -0.2) is 4.39 Å². The highest BCUT2D eigenvalue weighted by atomic mass is 32.2. The molecule has 67 heavy (non-hydrogen) atoms. The number of Topliss-reactive ketones (excluding diaryl/α,β-unsaturated/α-hetero) is 4. The van der Waals surface area contributed by atoms with Gasteiger partial charge in [-0.05, 0) is 100 Å². The average molecular weight is 944 g/mol. The molecule has 1 unspecified atom stereocenters. The molecule has 1 amide bonds. The van der Waals surface area contributed by atoms with Gasteiger partial charge in [-0.15, -0.1) is 0 Å². The van der Waals surface area contributed by atoms with E-state index < -0.39 is 76.8 Å². The first-order valence-electron chi connectivity index (χ1n) is 23.1. The number of carbonyl (C=O) groups is 6. The highest BCUT2D eigenvalue weighted by molar-refractivity contribution is 7.99. The molecule has 3 N–H and O–H groups in total. The van der Waals surface area contributed by atoms with Gasteiger partial charge in [0, 0.05) is 53.9 Å². The summed E-state index contributed by atoms with van der Waals surface area (Å²) in [4.78, 5) is 93.1. The molecule has 4 aliphatic carbocycles. The summed E-state index contributed by atoms with van der Waals surface area (Å²) < 4.78 is 31.0. The zero-order chi connectivity index (χ0) is 49.1. The van der Waals surface area contributed by atoms with E-state index in [1.54, 1.807) is 26.8 Å². The van der Waals surface area contributed by atoms with E-state index in [4.69, 9.17) is 19.1 Å². The molecule has 1 aliphatic heterocycles. The van der Waals surface area contributed by atoms with Gasteiger partial charge in [0.25, 0.3) is 0 Å². The van der Waals surface area contributed by atoms with Gasteiger partial charge in [0.1, 0.15) is 18.2 Å². The van der Waals surface area contributed by atoms with Crippen LogP contribution in [-0.4, -0.2) is 98.8 Å². The molecule has 1 saturated heterocycles. The highest BCUT2D eigenvalue weighted by Gasteiger charge is 2.79. The minimum atomic E-state index is -2.08. The number of fused-ring (bicyclic) bond motifs is 7. The Morgan fingerprint density at radius 2 is 1.66 bits per heavy atom. The number of hydrogen-bond donors (Lipinski definition) is 3. The quantitative estimate of drug-likeness (QED) is 0.155. The standard InChI is InChI=1S/C51H62FNO10S.CO2/c1-29(21-37(55)11-8-12-41(57)31(3)64-6)46(61)53-30(2)42(58)24-34-10-7-9-33(23-34)22-32-13-15-35(16-14-32)47-62-45-26-40-39-18-17-36-25-38(56)19-20-48(36,4)50(39,52)43(59)27-49(40,5)51(45,63-47)44(60)28-54;2-1-3/h7,9-10,13-16,19-20,23,25,29-31,39-40,43,45,47,54,59H,8,11-12,17-18,21-22,24,26-28H2,1-6H3,(H,53,61);/t29-,30+,31?,39+,40+,43+,45-,47-,48+,49+,50+,51-;/m1./s1. The van der Waals surface area contributed by atoms with E-state index >= 15 is 4.39 Å². The number of thioether (sulfide) groups is 1. The van der Waals surface area contributed by atoms with Crippen LogP contribution in [0.25, 0.3) is 0 Å². The molecule has 4 fully saturated rings. The van der Waals surface area contributed by atoms with Gasteiger partial charge >= 0.3 is 6.15 Å². The molecule has 0 spiro atoms. The Hall–Kier alpha value is -4.76. The molecule has 5 aliphatic rings. The third-order valence-electron chi connectivity index (χ3n) is 15.5. The van der Waals surface area contributed by atoms with E-state index in [0.717, 1.165) is 16.7 Å². The second-order valence-electron chi connectivity index (χ2n) is 19.4. The van der Waals surface area contributed by atoms with E-state index in [9.17, 15) is 39.0 Å². The summed E-state index contributed by atoms with van der Waals surface area (Å²) in [5.41, 5.74) is -1.86. The lowest BCUT2D eigenvalue weighted by Crippen LogP contribution is -2.69. The zero-order valence-electron chi connectivity index (χ0n) is 39.0. The van der Waals surface area contributed by atoms with Crippen molar-refractivity contribution >= 4 is 52.7 Å². The molecule has 0 bridgehead atoms. The number of amides is 1. The molecule has 0 radical (unpaired) electrons. The number of ketones is 5. The van der Waals surface area contributed by atoms with Crippen molar-refractivity contribution in [3.05, 3.63) is 94.6 Å². The number of aliphatic hydroxyl groups excluding tert-OH is 2. The number of halogens is 1. The summed E-state index contributed by atoms with van der Waals surface area (Å²) in [7, 11) is 0. The van der Waals surface area contributed by atoms with Crippen molar-refractivity contribution in [1.29, 1.82) is 0 Å². The van der Waals surface area contributed by atoms with Gasteiger partial charge < -0.3 is 25.0 Å². The zero-order valence-corrected chi connectivity index (χ0v) is 39.8. The molecule has 2 aromatic carbocycles. The minimum absolute atomic E-state index is 0.0454. The van der Waals surface area contributed by atoms with Crippen molar-refractivity contribution in [2.75, 3.05) is 12.9 Å². The van der Waals surface area contributed by atoms with Crippen molar-refractivity contribution in [3.8, 4) is 0 Å². The molecule has 7 rings (SSSR count). The maximum Gasteiger partial charge on any atom is 0.373 e. The molecule has 1 heterocycles. The van der Waals surface area contributed by atoms with Crippen LogP contribution >= 0.6 is 11.8 Å². The maximum absolute atomic E-state index is 17.7. The summed E-state index contributed by atoms with van der Waals surface area (Å²) in [6.07, 6.45) is 6.23. The Bertz CT molecular complexity index is 2340. The number of ether oxygens (including phenoxy) is 2. The fourth-order valence-electron chi connectivity index (χ4n) is 11.7. The second-order valence-corrected chi connectivity index (χ2v) is 20.6. The van der Waals surface area contributed by atoms with E-state index in [1.807, 2.05) is 68.6 Å². The third-order valence-corrected chi connectivity index (χ3v) is 16.4. The molecule has 3 saturated carbocycles. The predicted octanol–water partition coefficient (Wildman–Crippen LogP) is 6.09. The van der Waals surface area contributed by atoms with Crippen molar-refractivity contribution in [1.82, 2.24) is 5.32 Å².